The molecule has 0 aromatic heterocycles. The van der Waals surface area contributed by atoms with Crippen molar-refractivity contribution in [2.45, 2.75) is 38.6 Å². The molecule has 2 fully saturated rings. The second-order valence-electron chi connectivity index (χ2n) is 4.12. The Balaban J connectivity index is 2.11. The molecule has 1 N–H and O–H groups in total. The van der Waals surface area contributed by atoms with Crippen molar-refractivity contribution in [1.82, 2.24) is 5.32 Å². The van der Waals surface area contributed by atoms with Gasteiger partial charge in [0.2, 0.25) is 5.91 Å². The lowest BCUT2D eigenvalue weighted by atomic mass is 9.75. The molecule has 1 amide bonds. The second-order valence-corrected chi connectivity index (χ2v) is 4.12. The first-order chi connectivity index (χ1) is 4.56. The second kappa shape index (κ2) is 1.39. The molecule has 1 saturated carbocycles. The first kappa shape index (κ1) is 6.20. The Hall–Kier alpha value is -0.530. The molecule has 2 aliphatic rings. The molecule has 0 bridgehead atoms. The van der Waals surface area contributed by atoms with E-state index in [9.17, 15) is 4.79 Å². The smallest absolute Gasteiger partial charge is 0.222 e. The van der Waals surface area contributed by atoms with Crippen LogP contribution in [0.5, 0.6) is 0 Å². The Labute approximate surface area is 61.0 Å². The standard InChI is InChI=1S/C8H13NO/c1-7(3-4-7)8(2)5-6(10)9-8/h3-5H2,1-2H3,(H,9,10). The largest absolute Gasteiger partial charge is 0.350 e. The lowest BCUT2D eigenvalue weighted by Gasteiger charge is -2.44. The van der Waals surface area contributed by atoms with Crippen LogP contribution in [0.1, 0.15) is 33.1 Å². The van der Waals surface area contributed by atoms with E-state index in [4.69, 9.17) is 0 Å². The van der Waals surface area contributed by atoms with Crippen LogP contribution in [0.2, 0.25) is 0 Å². The Bertz CT molecular complexity index is 185. The van der Waals surface area contributed by atoms with Crippen LogP contribution in [0, 0.1) is 5.41 Å². The monoisotopic (exact) mass is 139 g/mol. The van der Waals surface area contributed by atoms with E-state index in [1.807, 2.05) is 0 Å². The average Bonchev–Trinajstić information content (AvgIpc) is 2.45. The van der Waals surface area contributed by atoms with Crippen molar-refractivity contribution in [1.29, 1.82) is 0 Å². The molecule has 1 unspecified atom stereocenters. The molecule has 1 saturated heterocycles. The number of amides is 1. The van der Waals surface area contributed by atoms with Gasteiger partial charge >= 0.3 is 0 Å². The zero-order chi connectivity index (χ0) is 7.41. The third kappa shape index (κ3) is 0.568. The highest BCUT2D eigenvalue weighted by Crippen LogP contribution is 2.56. The van der Waals surface area contributed by atoms with Crippen LogP contribution in [0.4, 0.5) is 0 Å². The molecule has 56 valence electrons. The molecule has 0 radical (unpaired) electrons. The van der Waals surface area contributed by atoms with Crippen molar-refractivity contribution in [3.8, 4) is 0 Å². The van der Waals surface area contributed by atoms with E-state index in [1.54, 1.807) is 0 Å². The van der Waals surface area contributed by atoms with Gasteiger partial charge in [0.1, 0.15) is 0 Å². The van der Waals surface area contributed by atoms with Gasteiger partial charge in [0.25, 0.3) is 0 Å². The van der Waals surface area contributed by atoms with Crippen molar-refractivity contribution >= 4 is 5.91 Å². The summed E-state index contributed by atoms with van der Waals surface area (Å²) in [5.41, 5.74) is 0.574. The predicted molar refractivity (Wildman–Crippen MR) is 38.5 cm³/mol. The van der Waals surface area contributed by atoms with E-state index < -0.39 is 0 Å². The SMILES string of the molecule is CC1(C2(C)CC(=O)N2)CC1. The van der Waals surface area contributed by atoms with Crippen LogP contribution in [0.25, 0.3) is 0 Å². The normalized spacial score (nSPS) is 42.0. The molecular weight excluding hydrogens is 126 g/mol. The molecule has 0 aromatic rings. The van der Waals surface area contributed by atoms with E-state index in [2.05, 4.69) is 19.2 Å². The fourth-order valence-electron chi connectivity index (χ4n) is 1.71. The molecule has 10 heavy (non-hydrogen) atoms. The zero-order valence-electron chi connectivity index (χ0n) is 6.53. The molecule has 0 spiro atoms. The van der Waals surface area contributed by atoms with Gasteiger partial charge in [-0.15, -0.1) is 0 Å². The van der Waals surface area contributed by atoms with E-state index >= 15 is 0 Å². The van der Waals surface area contributed by atoms with Gasteiger partial charge in [-0.05, 0) is 25.2 Å². The maximum atomic E-state index is 10.7. The fraction of sp³-hybridized carbons (Fsp3) is 0.875. The molecule has 2 heteroatoms. The van der Waals surface area contributed by atoms with Crippen molar-refractivity contribution in [3.63, 3.8) is 0 Å². The van der Waals surface area contributed by atoms with Gasteiger partial charge in [0.05, 0.1) is 5.54 Å². The van der Waals surface area contributed by atoms with Gasteiger partial charge in [-0.2, -0.15) is 0 Å². The number of hydrogen-bond acceptors (Lipinski definition) is 1. The summed E-state index contributed by atoms with van der Waals surface area (Å²) in [5.74, 6) is 0.218. The minimum absolute atomic E-state index is 0.143. The van der Waals surface area contributed by atoms with Crippen molar-refractivity contribution < 1.29 is 4.79 Å². The Kier molecular flexibility index (Phi) is 0.859. The summed E-state index contributed by atoms with van der Waals surface area (Å²) < 4.78 is 0. The Morgan fingerprint density at radius 3 is 2.20 bits per heavy atom. The number of hydrogen-bond donors (Lipinski definition) is 1. The highest BCUT2D eigenvalue weighted by molar-refractivity contribution is 5.85. The van der Waals surface area contributed by atoms with Crippen LogP contribution in [-0.2, 0) is 4.79 Å². The summed E-state index contributed by atoms with van der Waals surface area (Å²) in [6.07, 6.45) is 3.30. The average molecular weight is 139 g/mol. The van der Waals surface area contributed by atoms with Gasteiger partial charge in [-0.1, -0.05) is 6.92 Å². The highest BCUT2D eigenvalue weighted by atomic mass is 16.2. The van der Waals surface area contributed by atoms with Crippen LogP contribution in [-0.4, -0.2) is 11.4 Å². The number of carbonyl (C=O) groups is 1. The van der Waals surface area contributed by atoms with Gasteiger partial charge in [0, 0.05) is 6.42 Å². The molecular formula is C8H13NO. The number of rotatable bonds is 1. The van der Waals surface area contributed by atoms with E-state index in [-0.39, 0.29) is 11.4 Å². The van der Waals surface area contributed by atoms with Gasteiger partial charge in [-0.3, -0.25) is 4.79 Å². The fourth-order valence-corrected chi connectivity index (χ4v) is 1.71. The molecule has 2 rings (SSSR count). The quantitative estimate of drug-likeness (QED) is 0.541. The summed E-state index contributed by atoms with van der Waals surface area (Å²) in [7, 11) is 0. The molecule has 1 aliphatic heterocycles. The lowest BCUT2D eigenvalue weighted by Crippen LogP contribution is -2.63. The van der Waals surface area contributed by atoms with Gasteiger partial charge in [0.15, 0.2) is 0 Å². The maximum absolute atomic E-state index is 10.7. The minimum atomic E-state index is 0.143. The van der Waals surface area contributed by atoms with Crippen molar-refractivity contribution in [3.05, 3.63) is 0 Å². The zero-order valence-corrected chi connectivity index (χ0v) is 6.53. The predicted octanol–water partition coefficient (Wildman–Crippen LogP) is 1.07. The number of nitrogens with one attached hydrogen (secondary N) is 1. The maximum Gasteiger partial charge on any atom is 0.222 e. The van der Waals surface area contributed by atoms with Crippen LogP contribution in [0.3, 0.4) is 0 Å². The first-order valence-electron chi connectivity index (χ1n) is 3.87. The Morgan fingerprint density at radius 2 is 1.90 bits per heavy atom. The summed E-state index contributed by atoms with van der Waals surface area (Å²) in [5, 5.41) is 2.98. The van der Waals surface area contributed by atoms with Crippen LogP contribution >= 0.6 is 0 Å². The number of carbonyl (C=O) groups excluding carboxylic acids is 1. The van der Waals surface area contributed by atoms with Crippen LogP contribution < -0.4 is 5.32 Å². The lowest BCUT2D eigenvalue weighted by molar-refractivity contribution is -0.134. The summed E-state index contributed by atoms with van der Waals surface area (Å²) >= 11 is 0. The third-order valence-electron chi connectivity index (χ3n) is 3.26. The minimum Gasteiger partial charge on any atom is -0.350 e. The van der Waals surface area contributed by atoms with Crippen LogP contribution in [0.15, 0.2) is 0 Å². The molecule has 1 aliphatic carbocycles. The van der Waals surface area contributed by atoms with E-state index in [1.165, 1.54) is 12.8 Å². The summed E-state index contributed by atoms with van der Waals surface area (Å²) in [6.45, 7) is 4.41. The van der Waals surface area contributed by atoms with Crippen molar-refractivity contribution in [2.24, 2.45) is 5.41 Å². The summed E-state index contributed by atoms with van der Waals surface area (Å²) in [6, 6.07) is 0. The van der Waals surface area contributed by atoms with E-state index in [0.717, 1.165) is 6.42 Å². The molecule has 1 heterocycles. The first-order valence-corrected chi connectivity index (χ1v) is 3.87. The Morgan fingerprint density at radius 1 is 1.40 bits per heavy atom. The molecule has 2 nitrogen and oxygen atoms in total. The molecule has 0 aromatic carbocycles. The van der Waals surface area contributed by atoms with Gasteiger partial charge < -0.3 is 5.32 Å². The highest BCUT2D eigenvalue weighted by Gasteiger charge is 2.58. The summed E-state index contributed by atoms with van der Waals surface area (Å²) in [4.78, 5) is 10.7. The van der Waals surface area contributed by atoms with E-state index in [0.29, 0.717) is 5.41 Å². The molecule has 1 atom stereocenters. The number of β-lactam (4-membered cyclic amide) rings is 1. The topological polar surface area (TPSA) is 29.1 Å². The van der Waals surface area contributed by atoms with Crippen molar-refractivity contribution in [2.75, 3.05) is 0 Å². The third-order valence-corrected chi connectivity index (χ3v) is 3.26. The van der Waals surface area contributed by atoms with Gasteiger partial charge in [-0.25, -0.2) is 0 Å².